The molecule has 0 saturated carbocycles. The van der Waals surface area contributed by atoms with Gasteiger partial charge in [-0.3, -0.25) is 24.3 Å². The van der Waals surface area contributed by atoms with Gasteiger partial charge in [-0.1, -0.05) is 0 Å². The Morgan fingerprint density at radius 2 is 1.96 bits per heavy atom. The molecule has 1 N–H and O–H groups in total. The summed E-state index contributed by atoms with van der Waals surface area (Å²) < 4.78 is 1.84. The molecule has 2 aromatic heterocycles. The molecule has 1 aliphatic rings. The summed E-state index contributed by atoms with van der Waals surface area (Å²) in [5.41, 5.74) is 3.43. The molecule has 140 valence electrons. The van der Waals surface area contributed by atoms with Crippen molar-refractivity contribution in [3.63, 3.8) is 0 Å². The third kappa shape index (κ3) is 4.31. The van der Waals surface area contributed by atoms with Crippen LogP contribution in [0, 0.1) is 5.92 Å². The predicted octanol–water partition coefficient (Wildman–Crippen LogP) is 2.01. The monoisotopic (exact) mass is 364 g/mol. The fourth-order valence-corrected chi connectivity index (χ4v) is 3.60. The summed E-state index contributed by atoms with van der Waals surface area (Å²) in [6.45, 7) is 3.78. The summed E-state index contributed by atoms with van der Waals surface area (Å²) in [6.07, 6.45) is 9.50. The maximum atomic E-state index is 12.5. The summed E-state index contributed by atoms with van der Waals surface area (Å²) in [7, 11) is 1.94. The quantitative estimate of drug-likeness (QED) is 0.749. The third-order valence-electron chi connectivity index (χ3n) is 5.15. The van der Waals surface area contributed by atoms with Crippen LogP contribution in [0.15, 0.2) is 43.0 Å². The van der Waals surface area contributed by atoms with E-state index in [0.717, 1.165) is 50.1 Å². The Bertz CT molecular complexity index is 929. The van der Waals surface area contributed by atoms with Crippen LogP contribution in [0.25, 0.3) is 11.0 Å². The SMILES string of the molecule is Cn1cc(CN2CCC(CNC(=O)c3ccc4nccnc4c3)CC2)cn1. The van der Waals surface area contributed by atoms with Gasteiger partial charge < -0.3 is 5.32 Å². The molecular formula is C20H24N6O. The van der Waals surface area contributed by atoms with Crippen LogP contribution in [0.3, 0.4) is 0 Å². The standard InChI is InChI=1S/C20H24N6O/c1-25-13-16(12-24-25)14-26-8-4-15(5-9-26)11-23-20(27)17-2-3-18-19(10-17)22-7-6-21-18/h2-3,6-7,10,12-13,15H,4-5,8-9,11,14H2,1H3,(H,23,27). The zero-order valence-electron chi connectivity index (χ0n) is 15.5. The van der Waals surface area contributed by atoms with Gasteiger partial charge in [-0.15, -0.1) is 0 Å². The van der Waals surface area contributed by atoms with Crippen LogP contribution < -0.4 is 5.32 Å². The van der Waals surface area contributed by atoms with Crippen molar-refractivity contribution in [2.24, 2.45) is 13.0 Å². The number of carbonyl (C=O) groups is 1. The van der Waals surface area contributed by atoms with Crippen LogP contribution in [0.2, 0.25) is 0 Å². The first-order valence-electron chi connectivity index (χ1n) is 9.36. The molecule has 0 radical (unpaired) electrons. The number of hydrogen-bond acceptors (Lipinski definition) is 5. The van der Waals surface area contributed by atoms with Crippen molar-refractivity contribution in [2.45, 2.75) is 19.4 Å². The molecule has 0 unspecified atom stereocenters. The molecule has 0 aliphatic carbocycles. The van der Waals surface area contributed by atoms with E-state index < -0.39 is 0 Å². The fourth-order valence-electron chi connectivity index (χ4n) is 3.60. The molecule has 0 spiro atoms. The number of rotatable bonds is 5. The van der Waals surface area contributed by atoms with E-state index in [1.165, 1.54) is 5.56 Å². The number of aryl methyl sites for hydroxylation is 1. The third-order valence-corrected chi connectivity index (χ3v) is 5.15. The van der Waals surface area contributed by atoms with E-state index in [9.17, 15) is 4.79 Å². The number of piperidine rings is 1. The van der Waals surface area contributed by atoms with Crippen LogP contribution >= 0.6 is 0 Å². The minimum absolute atomic E-state index is 0.0413. The number of fused-ring (bicyclic) bond motifs is 1. The number of hydrogen-bond donors (Lipinski definition) is 1. The minimum atomic E-state index is -0.0413. The van der Waals surface area contributed by atoms with E-state index >= 15 is 0 Å². The average Bonchev–Trinajstić information content (AvgIpc) is 3.11. The zero-order valence-corrected chi connectivity index (χ0v) is 15.5. The Labute approximate surface area is 158 Å². The molecule has 7 nitrogen and oxygen atoms in total. The van der Waals surface area contributed by atoms with Crippen molar-refractivity contribution in [3.05, 3.63) is 54.1 Å². The molecule has 1 fully saturated rings. The first-order valence-corrected chi connectivity index (χ1v) is 9.36. The summed E-state index contributed by atoms with van der Waals surface area (Å²) in [6, 6.07) is 5.45. The van der Waals surface area contributed by atoms with Gasteiger partial charge in [0, 0.05) is 49.9 Å². The number of carbonyl (C=O) groups excluding carboxylic acids is 1. The Balaban J connectivity index is 1.26. The van der Waals surface area contributed by atoms with Crippen molar-refractivity contribution < 1.29 is 4.79 Å². The van der Waals surface area contributed by atoms with Crippen LogP contribution in [0.5, 0.6) is 0 Å². The normalized spacial score (nSPS) is 15.9. The topological polar surface area (TPSA) is 75.9 Å². The highest BCUT2D eigenvalue weighted by Crippen LogP contribution is 2.18. The van der Waals surface area contributed by atoms with Crippen LogP contribution in [0.4, 0.5) is 0 Å². The number of nitrogens with zero attached hydrogens (tertiary/aromatic N) is 5. The number of likely N-dealkylation sites (tertiary alicyclic amines) is 1. The number of benzene rings is 1. The van der Waals surface area contributed by atoms with Crippen molar-refractivity contribution >= 4 is 16.9 Å². The van der Waals surface area contributed by atoms with E-state index in [4.69, 9.17) is 0 Å². The van der Waals surface area contributed by atoms with E-state index in [0.29, 0.717) is 11.5 Å². The number of aromatic nitrogens is 4. The number of nitrogens with one attached hydrogen (secondary N) is 1. The van der Waals surface area contributed by atoms with Crippen LogP contribution in [0.1, 0.15) is 28.8 Å². The van der Waals surface area contributed by atoms with Gasteiger partial charge in [0.15, 0.2) is 0 Å². The Morgan fingerprint density at radius 1 is 1.19 bits per heavy atom. The average molecular weight is 364 g/mol. The fraction of sp³-hybridized carbons (Fsp3) is 0.400. The van der Waals surface area contributed by atoms with Crippen LogP contribution in [-0.4, -0.2) is 50.2 Å². The van der Waals surface area contributed by atoms with Gasteiger partial charge in [-0.25, -0.2) is 0 Å². The summed E-state index contributed by atoms with van der Waals surface area (Å²) in [5, 5.41) is 7.31. The molecule has 1 saturated heterocycles. The first-order chi connectivity index (χ1) is 13.2. The van der Waals surface area contributed by atoms with Gasteiger partial charge in [-0.05, 0) is 50.0 Å². The van der Waals surface area contributed by atoms with E-state index in [1.54, 1.807) is 18.5 Å². The molecule has 0 atom stereocenters. The Hall–Kier alpha value is -2.80. The zero-order chi connectivity index (χ0) is 18.6. The van der Waals surface area contributed by atoms with Gasteiger partial charge in [-0.2, -0.15) is 5.10 Å². The van der Waals surface area contributed by atoms with Gasteiger partial charge in [0.2, 0.25) is 0 Å². The van der Waals surface area contributed by atoms with E-state index in [-0.39, 0.29) is 5.91 Å². The van der Waals surface area contributed by atoms with Gasteiger partial charge >= 0.3 is 0 Å². The molecule has 7 heteroatoms. The molecule has 0 bridgehead atoms. The van der Waals surface area contributed by atoms with E-state index in [2.05, 4.69) is 31.5 Å². The second kappa shape index (κ2) is 7.84. The van der Waals surface area contributed by atoms with Crippen molar-refractivity contribution in [1.29, 1.82) is 0 Å². The van der Waals surface area contributed by atoms with Crippen molar-refractivity contribution in [2.75, 3.05) is 19.6 Å². The molecular weight excluding hydrogens is 340 g/mol. The lowest BCUT2D eigenvalue weighted by Gasteiger charge is -2.31. The maximum absolute atomic E-state index is 12.5. The second-order valence-corrected chi connectivity index (χ2v) is 7.21. The van der Waals surface area contributed by atoms with E-state index in [1.807, 2.05) is 30.1 Å². The smallest absolute Gasteiger partial charge is 0.251 e. The Morgan fingerprint density at radius 3 is 2.70 bits per heavy atom. The lowest BCUT2D eigenvalue weighted by atomic mass is 9.96. The minimum Gasteiger partial charge on any atom is -0.352 e. The predicted molar refractivity (Wildman–Crippen MR) is 103 cm³/mol. The first kappa shape index (κ1) is 17.6. The molecule has 1 amide bonds. The molecule has 3 heterocycles. The summed E-state index contributed by atoms with van der Waals surface area (Å²) in [4.78, 5) is 23.4. The molecule has 1 aliphatic heterocycles. The maximum Gasteiger partial charge on any atom is 0.251 e. The van der Waals surface area contributed by atoms with Gasteiger partial charge in [0.25, 0.3) is 5.91 Å². The molecule has 3 aromatic rings. The lowest BCUT2D eigenvalue weighted by Crippen LogP contribution is -2.38. The molecule has 27 heavy (non-hydrogen) atoms. The largest absolute Gasteiger partial charge is 0.352 e. The second-order valence-electron chi connectivity index (χ2n) is 7.21. The highest BCUT2D eigenvalue weighted by molar-refractivity contribution is 5.97. The summed E-state index contributed by atoms with van der Waals surface area (Å²) >= 11 is 0. The lowest BCUT2D eigenvalue weighted by molar-refractivity contribution is 0.0935. The number of amides is 1. The highest BCUT2D eigenvalue weighted by Gasteiger charge is 2.20. The van der Waals surface area contributed by atoms with Gasteiger partial charge in [0.05, 0.1) is 17.2 Å². The Kier molecular flexibility index (Phi) is 5.11. The van der Waals surface area contributed by atoms with Crippen molar-refractivity contribution in [1.82, 2.24) is 30.0 Å². The van der Waals surface area contributed by atoms with Gasteiger partial charge in [0.1, 0.15) is 0 Å². The van der Waals surface area contributed by atoms with Crippen LogP contribution in [-0.2, 0) is 13.6 Å². The summed E-state index contributed by atoms with van der Waals surface area (Å²) in [5.74, 6) is 0.486. The highest BCUT2D eigenvalue weighted by atomic mass is 16.1. The molecule has 1 aromatic carbocycles. The van der Waals surface area contributed by atoms with Crippen molar-refractivity contribution in [3.8, 4) is 0 Å². The molecule has 4 rings (SSSR count).